The molecule has 0 radical (unpaired) electrons. The zero-order chi connectivity index (χ0) is 12.5. The Morgan fingerprint density at radius 1 is 1.39 bits per heavy atom. The molecule has 0 spiro atoms. The third-order valence-electron chi connectivity index (χ3n) is 3.10. The van der Waals surface area contributed by atoms with E-state index in [1.165, 1.54) is 0 Å². The molecule has 0 aliphatic carbocycles. The van der Waals surface area contributed by atoms with Crippen molar-refractivity contribution in [3.8, 4) is 11.1 Å². The smallest absolute Gasteiger partial charge is 0.167 e. The Kier molecular flexibility index (Phi) is 2.48. The van der Waals surface area contributed by atoms with E-state index in [0.717, 1.165) is 29.5 Å². The van der Waals surface area contributed by atoms with E-state index in [1.807, 2.05) is 52.7 Å². The Morgan fingerprint density at radius 3 is 3.00 bits per heavy atom. The number of hydrogen-bond donors (Lipinski definition) is 0. The number of aldehydes is 1. The first kappa shape index (κ1) is 10.8. The number of fused-ring (bicyclic) bond motifs is 1. The molecule has 0 amide bonds. The molecular formula is C14H13N3O. The maximum absolute atomic E-state index is 11.3. The molecule has 4 heteroatoms. The standard InChI is InChI=1S/C14H13N3O/c1-2-16-9-11(8-15-16)13-7-12-5-3-4-6-17(12)14(13)10-18/h3-10H,2H2,1H3. The van der Waals surface area contributed by atoms with Gasteiger partial charge in [0.2, 0.25) is 0 Å². The highest BCUT2D eigenvalue weighted by Crippen LogP contribution is 2.26. The topological polar surface area (TPSA) is 39.3 Å². The second-order valence-electron chi connectivity index (χ2n) is 4.14. The average Bonchev–Trinajstić information content (AvgIpc) is 3.02. The number of carbonyl (C=O) groups excluding carboxylic acids is 1. The van der Waals surface area contributed by atoms with Gasteiger partial charge in [0.25, 0.3) is 0 Å². The minimum atomic E-state index is 0.668. The molecule has 3 heterocycles. The molecular weight excluding hydrogens is 226 g/mol. The van der Waals surface area contributed by atoms with Crippen LogP contribution in [0.2, 0.25) is 0 Å². The summed E-state index contributed by atoms with van der Waals surface area (Å²) < 4.78 is 3.75. The quantitative estimate of drug-likeness (QED) is 0.659. The van der Waals surface area contributed by atoms with Gasteiger partial charge in [-0.25, -0.2) is 0 Å². The van der Waals surface area contributed by atoms with Gasteiger partial charge in [-0.05, 0) is 25.1 Å². The highest BCUT2D eigenvalue weighted by Gasteiger charge is 2.12. The van der Waals surface area contributed by atoms with E-state index in [0.29, 0.717) is 5.69 Å². The van der Waals surface area contributed by atoms with E-state index in [1.54, 1.807) is 6.20 Å². The van der Waals surface area contributed by atoms with Crippen LogP contribution in [0.25, 0.3) is 16.6 Å². The van der Waals surface area contributed by atoms with Crippen molar-refractivity contribution in [2.24, 2.45) is 0 Å². The van der Waals surface area contributed by atoms with Crippen LogP contribution >= 0.6 is 0 Å². The molecule has 0 saturated heterocycles. The number of rotatable bonds is 3. The van der Waals surface area contributed by atoms with Crippen LogP contribution in [-0.2, 0) is 6.54 Å². The lowest BCUT2D eigenvalue weighted by Crippen LogP contribution is -1.92. The average molecular weight is 239 g/mol. The van der Waals surface area contributed by atoms with E-state index in [9.17, 15) is 4.79 Å². The van der Waals surface area contributed by atoms with E-state index < -0.39 is 0 Å². The first-order chi connectivity index (χ1) is 8.83. The molecule has 4 nitrogen and oxygen atoms in total. The molecule has 3 aromatic rings. The van der Waals surface area contributed by atoms with Crippen LogP contribution in [0.5, 0.6) is 0 Å². The predicted molar refractivity (Wildman–Crippen MR) is 69.7 cm³/mol. The monoisotopic (exact) mass is 239 g/mol. The van der Waals surface area contributed by atoms with Gasteiger partial charge >= 0.3 is 0 Å². The number of nitrogens with zero attached hydrogens (tertiary/aromatic N) is 3. The Hall–Kier alpha value is -2.36. The van der Waals surface area contributed by atoms with E-state index in [-0.39, 0.29) is 0 Å². The van der Waals surface area contributed by atoms with Crippen LogP contribution in [0.4, 0.5) is 0 Å². The lowest BCUT2D eigenvalue weighted by atomic mass is 10.1. The summed E-state index contributed by atoms with van der Waals surface area (Å²) in [6.07, 6.45) is 6.55. The van der Waals surface area contributed by atoms with Crippen molar-refractivity contribution in [2.45, 2.75) is 13.5 Å². The van der Waals surface area contributed by atoms with Crippen molar-refractivity contribution in [3.05, 3.63) is 48.5 Å². The summed E-state index contributed by atoms with van der Waals surface area (Å²) in [7, 11) is 0. The number of aromatic nitrogens is 3. The Bertz CT molecular complexity index is 709. The van der Waals surface area contributed by atoms with E-state index in [4.69, 9.17) is 0 Å². The van der Waals surface area contributed by atoms with Gasteiger partial charge in [-0.3, -0.25) is 9.48 Å². The van der Waals surface area contributed by atoms with Crippen molar-refractivity contribution in [3.63, 3.8) is 0 Å². The summed E-state index contributed by atoms with van der Waals surface area (Å²) in [4.78, 5) is 11.3. The van der Waals surface area contributed by atoms with Crippen LogP contribution in [0.15, 0.2) is 42.9 Å². The van der Waals surface area contributed by atoms with Gasteiger partial charge in [0, 0.05) is 35.6 Å². The molecule has 90 valence electrons. The zero-order valence-corrected chi connectivity index (χ0v) is 10.1. The van der Waals surface area contributed by atoms with Crippen molar-refractivity contribution in [1.29, 1.82) is 0 Å². The second kappa shape index (κ2) is 4.14. The molecule has 3 rings (SSSR count). The minimum absolute atomic E-state index is 0.668. The Balaban J connectivity index is 2.24. The van der Waals surface area contributed by atoms with Crippen LogP contribution in [0, 0.1) is 0 Å². The largest absolute Gasteiger partial charge is 0.314 e. The van der Waals surface area contributed by atoms with Crippen molar-refractivity contribution >= 4 is 11.8 Å². The summed E-state index contributed by atoms with van der Waals surface area (Å²) >= 11 is 0. The molecule has 0 N–H and O–H groups in total. The first-order valence-corrected chi connectivity index (χ1v) is 5.91. The molecule has 18 heavy (non-hydrogen) atoms. The maximum atomic E-state index is 11.3. The van der Waals surface area contributed by atoms with Crippen molar-refractivity contribution in [1.82, 2.24) is 14.2 Å². The maximum Gasteiger partial charge on any atom is 0.167 e. The summed E-state index contributed by atoms with van der Waals surface area (Å²) in [5.74, 6) is 0. The van der Waals surface area contributed by atoms with Crippen LogP contribution < -0.4 is 0 Å². The number of carbonyl (C=O) groups is 1. The third kappa shape index (κ3) is 1.54. The molecule has 0 bridgehead atoms. The Labute approximate surface area is 104 Å². The molecule has 3 aromatic heterocycles. The van der Waals surface area contributed by atoms with Crippen molar-refractivity contribution < 1.29 is 4.79 Å². The van der Waals surface area contributed by atoms with Gasteiger partial charge < -0.3 is 4.40 Å². The highest BCUT2D eigenvalue weighted by atomic mass is 16.1. The summed E-state index contributed by atoms with van der Waals surface area (Å²) in [5.41, 5.74) is 3.58. The molecule has 0 fully saturated rings. The molecule has 0 aliphatic rings. The molecule has 0 unspecified atom stereocenters. The number of hydrogen-bond acceptors (Lipinski definition) is 2. The molecule has 0 aromatic carbocycles. The predicted octanol–water partition coefficient (Wildman–Crippen LogP) is 2.64. The van der Waals surface area contributed by atoms with E-state index >= 15 is 0 Å². The minimum Gasteiger partial charge on any atom is -0.314 e. The van der Waals surface area contributed by atoms with Gasteiger partial charge in [0.05, 0.1) is 11.9 Å². The summed E-state index contributed by atoms with van der Waals surface area (Å²) in [5, 5.41) is 4.25. The number of aryl methyl sites for hydroxylation is 1. The SMILES string of the molecule is CCn1cc(-c2cc3ccccn3c2C=O)cn1. The number of pyridine rings is 1. The fraction of sp³-hybridized carbons (Fsp3) is 0.143. The molecule has 0 atom stereocenters. The van der Waals surface area contributed by atoms with Gasteiger partial charge in [0.1, 0.15) is 0 Å². The fourth-order valence-corrected chi connectivity index (χ4v) is 2.17. The van der Waals surface area contributed by atoms with E-state index in [2.05, 4.69) is 5.10 Å². The van der Waals surface area contributed by atoms with Gasteiger partial charge in [-0.15, -0.1) is 0 Å². The Morgan fingerprint density at radius 2 is 2.28 bits per heavy atom. The lowest BCUT2D eigenvalue weighted by Gasteiger charge is -1.97. The zero-order valence-electron chi connectivity index (χ0n) is 10.1. The fourth-order valence-electron chi connectivity index (χ4n) is 2.17. The normalized spacial score (nSPS) is 10.9. The van der Waals surface area contributed by atoms with Gasteiger partial charge in [-0.2, -0.15) is 5.10 Å². The van der Waals surface area contributed by atoms with Crippen LogP contribution in [-0.4, -0.2) is 20.5 Å². The van der Waals surface area contributed by atoms with Crippen LogP contribution in [0.3, 0.4) is 0 Å². The summed E-state index contributed by atoms with van der Waals surface area (Å²) in [6, 6.07) is 7.88. The molecule has 0 aliphatic heterocycles. The van der Waals surface area contributed by atoms with Crippen LogP contribution in [0.1, 0.15) is 17.4 Å². The highest BCUT2D eigenvalue weighted by molar-refractivity contribution is 5.89. The lowest BCUT2D eigenvalue weighted by molar-refractivity contribution is 0.111. The van der Waals surface area contributed by atoms with Gasteiger partial charge in [0.15, 0.2) is 6.29 Å². The molecule has 0 saturated carbocycles. The third-order valence-corrected chi connectivity index (χ3v) is 3.10. The summed E-state index contributed by atoms with van der Waals surface area (Å²) in [6.45, 7) is 2.86. The van der Waals surface area contributed by atoms with Gasteiger partial charge in [-0.1, -0.05) is 6.07 Å². The first-order valence-electron chi connectivity index (χ1n) is 5.91. The second-order valence-corrected chi connectivity index (χ2v) is 4.14. The van der Waals surface area contributed by atoms with Crippen molar-refractivity contribution in [2.75, 3.05) is 0 Å².